The van der Waals surface area contributed by atoms with Crippen LogP contribution < -0.4 is 0 Å². The average molecular weight is 1540 g/mol. The molecule has 0 bridgehead atoms. The smallest absolute Gasteiger partial charge is 0.307 e. The van der Waals surface area contributed by atoms with Gasteiger partial charge in [0.2, 0.25) is 29.5 Å². The van der Waals surface area contributed by atoms with Crippen molar-refractivity contribution in [2.75, 3.05) is 51.0 Å². The predicted octanol–water partition coefficient (Wildman–Crippen LogP) is 13.4. The van der Waals surface area contributed by atoms with Crippen LogP contribution in [0.2, 0.25) is 0 Å². The SMILES string of the molecule is CC(C)(C)OC(=O)C[C@H]1COCCCCCCC[C@@H](C(=O)C(=O)CC2CC2)CC(=O)[C@@H]2[C@@H]3[C@H](CN2C1=O)C3(C)C.CC(C)(C)S(=O)(=O)CC1(N=C=O)CCCCC1.CC1(C)[C@@H]2[C@H]3C(=O)C[C@H](C(=O)C(=O)CC4CC4)CCCCCCCOC[C@H](CC(=O)CC4(CS(=O)(=O)C(C)(C)C)CCCCC4)C(=O)N3C[C@@H]21. The van der Waals surface area contributed by atoms with E-state index in [0.717, 1.165) is 128 Å². The van der Waals surface area contributed by atoms with Crippen LogP contribution in [-0.2, 0) is 86.6 Å². The van der Waals surface area contributed by atoms with Gasteiger partial charge in [-0.15, -0.1) is 0 Å². The van der Waals surface area contributed by atoms with E-state index < -0.39 is 99.0 Å². The number of carbonyl (C=O) groups excluding carboxylic acids is 11. The zero-order valence-corrected chi connectivity index (χ0v) is 69.1. The van der Waals surface area contributed by atoms with Gasteiger partial charge in [-0.05, 0) is 191 Å². The molecule has 10 rings (SSSR count). The number of esters is 1. The standard InChI is InChI=1S/C40H63NO8S.C32H49NO7.C12H21NO3S/c1-38(2,3)50(47,48)26-40(17-11-9-12-18-40)23-30(42)21-29-25-49-19-13-8-6-7-10-14-28(36(45)33(44)20-27-15-16-27)22-32(43)35-34-31(39(34,4)5)24-41(35)37(29)46;1-31(2,3)40-26(36)17-22-19-39-14-10-8-6-7-9-11-21(29(37)25(35)15-20-12-13-20)16-24(34)28-27-23(32(27,4)5)18-33(28)30(22)38;1-11(2,3)17(15,16)9-12(13-10-14)7-5-4-6-8-12/h27-29,31,34-35H,6-26H2,1-5H3;20-23,27-28H,6-19H2,1-5H3;4-9H2,1-3H3/t28-,29+,31+,34+,35-;21-,22+,23+,27+,28-;/m11./s1. The number of piperidine rings is 2. The highest BCUT2D eigenvalue weighted by Crippen LogP contribution is 2.66. The van der Waals surface area contributed by atoms with E-state index in [4.69, 9.17) is 14.2 Å². The first-order valence-corrected chi connectivity index (χ1v) is 44.5. The van der Waals surface area contributed by atoms with E-state index >= 15 is 0 Å². The van der Waals surface area contributed by atoms with Crippen LogP contribution in [0.3, 0.4) is 0 Å². The van der Waals surface area contributed by atoms with Gasteiger partial charge in [0.05, 0.1) is 70.1 Å². The first kappa shape index (κ1) is 87.9. The van der Waals surface area contributed by atoms with Crippen molar-refractivity contribution in [3.05, 3.63) is 0 Å². The fourth-order valence-corrected chi connectivity index (χ4v) is 21.5. The summed E-state index contributed by atoms with van der Waals surface area (Å²) in [6.07, 6.45) is 24.3. The summed E-state index contributed by atoms with van der Waals surface area (Å²) in [5.74, 6) is -4.81. The Hall–Kier alpha value is -4.70. The normalized spacial score (nSPS) is 29.7. The lowest BCUT2D eigenvalue weighted by Crippen LogP contribution is -2.49. The maximum absolute atomic E-state index is 14.5. The number of Topliss-reactive ketones (excluding diaryl/α,β-unsaturated/α-hetero) is 7. The summed E-state index contributed by atoms with van der Waals surface area (Å²) in [7, 11) is -6.72. The number of rotatable bonds is 19. The Balaban J connectivity index is 0.000000225. The zero-order valence-electron chi connectivity index (χ0n) is 67.4. The van der Waals surface area contributed by atoms with Crippen LogP contribution in [0.15, 0.2) is 4.99 Å². The van der Waals surface area contributed by atoms with E-state index in [0.29, 0.717) is 83.1 Å². The minimum absolute atomic E-state index is 0.00375. The van der Waals surface area contributed by atoms with Crippen LogP contribution in [0, 0.1) is 75.4 Å². The molecule has 0 radical (unpaired) electrons. The Bertz CT molecular complexity index is 3470. The van der Waals surface area contributed by atoms with Gasteiger partial charge in [-0.2, -0.15) is 4.99 Å². The number of ketones is 7. The highest BCUT2D eigenvalue weighted by atomic mass is 32.2. The Kier molecular flexibility index (Phi) is 29.9. The van der Waals surface area contributed by atoms with E-state index in [1.54, 1.807) is 78.2 Å². The zero-order chi connectivity index (χ0) is 78.9. The lowest BCUT2D eigenvalue weighted by molar-refractivity contribution is -0.160. The number of aliphatic imine (C=N–C) groups is 1. The number of fused-ring (bicyclic) bond motifs is 6. The molecule has 0 aromatic rings. The van der Waals surface area contributed by atoms with Gasteiger partial charge in [-0.25, -0.2) is 21.6 Å². The minimum atomic E-state index is -3.47. The first-order chi connectivity index (χ1) is 50.0. The number of hydrogen-bond donors (Lipinski definition) is 0. The molecule has 4 aliphatic heterocycles. The second-order valence-corrected chi connectivity index (χ2v) is 44.0. The summed E-state index contributed by atoms with van der Waals surface area (Å²) < 4.78 is 67.0. The van der Waals surface area contributed by atoms with Gasteiger partial charge in [0.25, 0.3) is 0 Å². The van der Waals surface area contributed by atoms with Crippen molar-refractivity contribution in [3.8, 4) is 0 Å². The molecule has 0 spiro atoms. The van der Waals surface area contributed by atoms with Crippen molar-refractivity contribution in [1.82, 2.24) is 9.80 Å². The van der Waals surface area contributed by atoms with Crippen molar-refractivity contribution in [2.24, 2.45) is 80.4 Å². The number of isocyanates is 1. The van der Waals surface area contributed by atoms with Crippen LogP contribution in [0.1, 0.15) is 302 Å². The van der Waals surface area contributed by atoms with E-state index in [1.165, 1.54) is 0 Å². The molecule has 0 N–H and O–H groups in total. The van der Waals surface area contributed by atoms with Crippen LogP contribution in [-0.4, -0.2) is 175 Å². The van der Waals surface area contributed by atoms with Crippen molar-refractivity contribution in [1.29, 1.82) is 0 Å². The summed E-state index contributed by atoms with van der Waals surface area (Å²) >= 11 is 0. The third-order valence-corrected chi connectivity index (χ3v) is 31.5. The van der Waals surface area contributed by atoms with Gasteiger partial charge in [-0.3, -0.25) is 47.9 Å². The topological polar surface area (TPSA) is 303 Å². The van der Waals surface area contributed by atoms with E-state index in [1.807, 2.05) is 0 Å². The minimum Gasteiger partial charge on any atom is -0.460 e. The number of nitrogens with zero attached hydrogens (tertiary/aromatic N) is 3. The van der Waals surface area contributed by atoms with Crippen molar-refractivity contribution < 1.29 is 83.8 Å². The highest BCUT2D eigenvalue weighted by Gasteiger charge is 2.71. The molecular formula is C84H133N3O18S2. The van der Waals surface area contributed by atoms with Gasteiger partial charge in [-0.1, -0.05) is 118 Å². The average Bonchev–Trinajstić information content (AvgIpc) is 1.53. The third-order valence-electron chi connectivity index (χ3n) is 25.9. The van der Waals surface area contributed by atoms with Gasteiger partial charge in [0, 0.05) is 76.7 Å². The van der Waals surface area contributed by atoms with Gasteiger partial charge in [0.15, 0.2) is 42.8 Å². The van der Waals surface area contributed by atoms with Crippen molar-refractivity contribution in [3.63, 3.8) is 0 Å². The molecule has 4 saturated heterocycles. The molecule has 10 aliphatic rings. The second-order valence-electron chi connectivity index (χ2n) is 38.5. The Morgan fingerprint density at radius 3 is 1.29 bits per heavy atom. The molecule has 0 aromatic heterocycles. The monoisotopic (exact) mass is 1540 g/mol. The molecule has 107 heavy (non-hydrogen) atoms. The summed E-state index contributed by atoms with van der Waals surface area (Å²) in [6, 6.07) is -1.33. The van der Waals surface area contributed by atoms with Crippen LogP contribution in [0.5, 0.6) is 0 Å². The molecule has 10 fully saturated rings. The Morgan fingerprint density at radius 2 is 0.888 bits per heavy atom. The molecule has 2 amide bonds. The van der Waals surface area contributed by atoms with E-state index in [2.05, 4.69) is 32.7 Å². The molecule has 0 unspecified atom stereocenters. The second kappa shape index (κ2) is 36.4. The fourth-order valence-electron chi connectivity index (χ4n) is 18.4. The van der Waals surface area contributed by atoms with E-state index in [-0.39, 0.29) is 138 Å². The first-order valence-electron chi connectivity index (χ1n) is 41.2. The van der Waals surface area contributed by atoms with Crippen LogP contribution in [0.25, 0.3) is 0 Å². The molecule has 604 valence electrons. The lowest BCUT2D eigenvalue weighted by atomic mass is 9.71. The highest BCUT2D eigenvalue weighted by molar-refractivity contribution is 7.93. The number of carbonyl (C=O) groups is 10. The quantitative estimate of drug-likeness (QED) is 0.0502. The maximum Gasteiger partial charge on any atom is 0.307 e. The molecule has 10 atom stereocenters. The summed E-state index contributed by atoms with van der Waals surface area (Å²) in [6.45, 7) is 26.1. The molecule has 21 nitrogen and oxygen atoms in total. The van der Waals surface area contributed by atoms with Crippen molar-refractivity contribution in [2.45, 2.75) is 335 Å². The molecule has 0 aromatic carbocycles. The summed E-state index contributed by atoms with van der Waals surface area (Å²) in [5.41, 5.74) is -2.22. The van der Waals surface area contributed by atoms with E-state index in [9.17, 15) is 69.6 Å². The molecular weight excluding hydrogens is 1400 g/mol. The molecule has 23 heteroatoms. The van der Waals surface area contributed by atoms with Crippen LogP contribution >= 0.6 is 0 Å². The fraction of sp³-hybridized carbons (Fsp3) is 0.869. The summed E-state index contributed by atoms with van der Waals surface area (Å²) in [4.78, 5) is 154. The summed E-state index contributed by atoms with van der Waals surface area (Å²) in [5, 5.41) is 0. The number of amides is 2. The number of sulfone groups is 2. The number of hydrogen-bond acceptors (Lipinski definition) is 19. The van der Waals surface area contributed by atoms with Gasteiger partial charge in [0.1, 0.15) is 11.4 Å². The Labute approximate surface area is 640 Å². The maximum atomic E-state index is 14.5. The Morgan fingerprint density at radius 1 is 0.505 bits per heavy atom. The van der Waals surface area contributed by atoms with Crippen LogP contribution in [0.4, 0.5) is 0 Å². The largest absolute Gasteiger partial charge is 0.460 e. The molecule has 6 aliphatic carbocycles. The predicted molar refractivity (Wildman–Crippen MR) is 409 cm³/mol. The number of ether oxygens (including phenoxy) is 3. The van der Waals surface area contributed by atoms with Gasteiger partial charge < -0.3 is 24.0 Å². The lowest BCUT2D eigenvalue weighted by Gasteiger charge is -2.39. The molecule has 6 saturated carbocycles. The third kappa shape index (κ3) is 23.7. The van der Waals surface area contributed by atoms with Crippen molar-refractivity contribution >= 4 is 84.0 Å². The van der Waals surface area contributed by atoms with Gasteiger partial charge >= 0.3 is 5.97 Å². The molecule has 4 heterocycles.